The molecule has 1 aliphatic rings. The van der Waals surface area contributed by atoms with Gasteiger partial charge in [0.05, 0.1) is 6.42 Å². The third-order valence-corrected chi connectivity index (χ3v) is 6.17. The molecular weight excluding hydrogens is 470 g/mol. The number of carbonyl (C=O) groups excluding carboxylic acids is 2. The Kier molecular flexibility index (Phi) is 7.62. The largest absolute Gasteiger partial charge is 0.480 e. The average molecular weight is 502 g/mol. The maximum atomic E-state index is 12.6. The first kappa shape index (κ1) is 25.9. The molecule has 1 atom stereocenters. The lowest BCUT2D eigenvalue weighted by Gasteiger charge is -2.19. The lowest BCUT2D eigenvalue weighted by molar-refractivity contribution is -0.154. The highest BCUT2D eigenvalue weighted by Gasteiger charge is 2.30. The number of carboxylic acids is 1. The van der Waals surface area contributed by atoms with E-state index in [1.807, 2.05) is 69.3 Å². The molecule has 0 radical (unpaired) electrons. The van der Waals surface area contributed by atoms with Gasteiger partial charge in [0, 0.05) is 12.3 Å². The Balaban J connectivity index is 1.34. The zero-order chi connectivity index (χ0) is 26.6. The van der Waals surface area contributed by atoms with E-state index in [1.54, 1.807) is 24.3 Å². The van der Waals surface area contributed by atoms with Gasteiger partial charge in [0.25, 0.3) is 0 Å². The van der Waals surface area contributed by atoms with Crippen LogP contribution in [0.2, 0.25) is 0 Å². The topological polar surface area (TPSA) is 102 Å². The van der Waals surface area contributed by atoms with Crippen molar-refractivity contribution in [1.82, 2.24) is 5.32 Å². The lowest BCUT2D eigenvalue weighted by atomic mass is 9.98. The standard InChI is InChI=1S/C30H31NO6/c1-30(2,3)37-27(32)17-20-14-12-19(13-15-20)16-26(28(33)34)31-29(35)36-18-25-23-10-6-4-8-21(23)22-9-5-7-11-24(22)25/h4-15,25-26H,16-18H2,1-3H3,(H,31,35)(H,33,34)/t26-/m0/s1. The molecule has 0 heterocycles. The third kappa shape index (κ3) is 6.55. The minimum Gasteiger partial charge on any atom is -0.480 e. The average Bonchev–Trinajstić information content (AvgIpc) is 3.16. The summed E-state index contributed by atoms with van der Waals surface area (Å²) in [6.45, 7) is 5.53. The van der Waals surface area contributed by atoms with Crippen LogP contribution < -0.4 is 5.32 Å². The molecule has 7 nitrogen and oxygen atoms in total. The first-order valence-corrected chi connectivity index (χ1v) is 12.2. The van der Waals surface area contributed by atoms with Crippen molar-refractivity contribution in [2.75, 3.05) is 6.61 Å². The van der Waals surface area contributed by atoms with Crippen LogP contribution in [0, 0.1) is 0 Å². The minimum absolute atomic E-state index is 0.0756. The smallest absolute Gasteiger partial charge is 0.407 e. The molecule has 0 saturated heterocycles. The number of alkyl carbamates (subject to hydrolysis) is 1. The summed E-state index contributed by atoms with van der Waals surface area (Å²) in [4.78, 5) is 36.4. The molecule has 4 rings (SSSR count). The number of rotatable bonds is 8. The zero-order valence-electron chi connectivity index (χ0n) is 21.2. The Morgan fingerprint density at radius 2 is 1.41 bits per heavy atom. The first-order valence-electron chi connectivity index (χ1n) is 12.2. The minimum atomic E-state index is -1.16. The third-order valence-electron chi connectivity index (χ3n) is 6.17. The molecule has 0 bridgehead atoms. The van der Waals surface area contributed by atoms with E-state index < -0.39 is 23.7 Å². The van der Waals surface area contributed by atoms with Gasteiger partial charge in [-0.1, -0.05) is 72.8 Å². The first-order chi connectivity index (χ1) is 17.6. The summed E-state index contributed by atoms with van der Waals surface area (Å²) in [5.74, 6) is -1.61. The van der Waals surface area contributed by atoms with Crippen LogP contribution in [-0.4, -0.2) is 41.4 Å². The summed E-state index contributed by atoms with van der Waals surface area (Å²) in [6, 6.07) is 21.9. The molecular formula is C30H31NO6. The van der Waals surface area contributed by atoms with Crippen LogP contribution in [0.15, 0.2) is 72.8 Å². The summed E-state index contributed by atoms with van der Waals surface area (Å²) in [5.41, 5.74) is 5.30. The van der Waals surface area contributed by atoms with Crippen molar-refractivity contribution < 1.29 is 29.0 Å². The van der Waals surface area contributed by atoms with Gasteiger partial charge in [-0.2, -0.15) is 0 Å². The molecule has 37 heavy (non-hydrogen) atoms. The maximum Gasteiger partial charge on any atom is 0.407 e. The number of amides is 1. The monoisotopic (exact) mass is 501 g/mol. The van der Waals surface area contributed by atoms with Crippen LogP contribution in [0.5, 0.6) is 0 Å². The van der Waals surface area contributed by atoms with E-state index in [0.29, 0.717) is 5.56 Å². The highest BCUT2D eigenvalue weighted by atomic mass is 16.6. The van der Waals surface area contributed by atoms with Crippen molar-refractivity contribution in [2.24, 2.45) is 0 Å². The summed E-state index contributed by atoms with van der Waals surface area (Å²) in [7, 11) is 0. The van der Waals surface area contributed by atoms with Crippen molar-refractivity contribution in [2.45, 2.75) is 51.2 Å². The Morgan fingerprint density at radius 3 is 1.95 bits per heavy atom. The van der Waals surface area contributed by atoms with Crippen LogP contribution in [0.3, 0.4) is 0 Å². The molecule has 0 spiro atoms. The second-order valence-corrected chi connectivity index (χ2v) is 10.1. The van der Waals surface area contributed by atoms with Gasteiger partial charge < -0.3 is 19.9 Å². The number of hydrogen-bond acceptors (Lipinski definition) is 5. The van der Waals surface area contributed by atoms with Gasteiger partial charge in [-0.15, -0.1) is 0 Å². The van der Waals surface area contributed by atoms with Crippen LogP contribution in [0.25, 0.3) is 11.1 Å². The van der Waals surface area contributed by atoms with Crippen LogP contribution in [0.1, 0.15) is 48.9 Å². The van der Waals surface area contributed by atoms with Gasteiger partial charge in [0.2, 0.25) is 0 Å². The highest BCUT2D eigenvalue weighted by Crippen LogP contribution is 2.44. The van der Waals surface area contributed by atoms with Crippen LogP contribution in [-0.2, 0) is 31.9 Å². The van der Waals surface area contributed by atoms with E-state index in [-0.39, 0.29) is 31.3 Å². The van der Waals surface area contributed by atoms with Gasteiger partial charge in [-0.05, 0) is 54.2 Å². The highest BCUT2D eigenvalue weighted by molar-refractivity contribution is 5.81. The molecule has 3 aromatic carbocycles. The van der Waals surface area contributed by atoms with Crippen molar-refractivity contribution in [3.8, 4) is 11.1 Å². The van der Waals surface area contributed by atoms with E-state index in [4.69, 9.17) is 9.47 Å². The van der Waals surface area contributed by atoms with Gasteiger partial charge in [-0.25, -0.2) is 9.59 Å². The summed E-state index contributed by atoms with van der Waals surface area (Å²) in [6.07, 6.45) is -0.583. The molecule has 1 aliphatic carbocycles. The molecule has 7 heteroatoms. The normalized spacial score (nSPS) is 13.3. The molecule has 2 N–H and O–H groups in total. The van der Waals surface area contributed by atoms with Gasteiger partial charge >= 0.3 is 18.0 Å². The Bertz CT molecular complexity index is 1250. The Labute approximate surface area is 216 Å². The van der Waals surface area contributed by atoms with Gasteiger partial charge in [0.15, 0.2) is 0 Å². The maximum absolute atomic E-state index is 12.6. The SMILES string of the molecule is CC(C)(C)OC(=O)Cc1ccc(C[C@H](NC(=O)OCC2c3ccccc3-c3ccccc32)C(=O)O)cc1. The molecule has 0 aliphatic heterocycles. The molecule has 0 aromatic heterocycles. The van der Waals surface area contributed by atoms with Crippen molar-refractivity contribution >= 4 is 18.0 Å². The Morgan fingerprint density at radius 1 is 0.865 bits per heavy atom. The molecule has 3 aromatic rings. The number of fused-ring (bicyclic) bond motifs is 3. The van der Waals surface area contributed by atoms with E-state index in [9.17, 15) is 19.5 Å². The second kappa shape index (κ2) is 10.9. The number of carbonyl (C=O) groups is 3. The number of hydrogen-bond donors (Lipinski definition) is 2. The fourth-order valence-electron chi connectivity index (χ4n) is 4.56. The fourth-order valence-corrected chi connectivity index (χ4v) is 4.56. The summed E-state index contributed by atoms with van der Waals surface area (Å²) in [5, 5.41) is 12.1. The van der Waals surface area contributed by atoms with E-state index in [2.05, 4.69) is 5.32 Å². The summed E-state index contributed by atoms with van der Waals surface area (Å²) >= 11 is 0. The molecule has 1 amide bonds. The van der Waals surface area contributed by atoms with Crippen LogP contribution in [0.4, 0.5) is 4.79 Å². The predicted octanol–water partition coefficient (Wildman–Crippen LogP) is 5.11. The summed E-state index contributed by atoms with van der Waals surface area (Å²) < 4.78 is 10.8. The number of carboxylic acid groups (broad SMARTS) is 1. The predicted molar refractivity (Wildman–Crippen MR) is 139 cm³/mol. The fraction of sp³-hybridized carbons (Fsp3) is 0.300. The van der Waals surface area contributed by atoms with E-state index >= 15 is 0 Å². The molecule has 192 valence electrons. The van der Waals surface area contributed by atoms with Gasteiger partial charge in [-0.3, -0.25) is 4.79 Å². The van der Waals surface area contributed by atoms with Crippen LogP contribution >= 0.6 is 0 Å². The van der Waals surface area contributed by atoms with E-state index in [1.165, 1.54) is 0 Å². The number of esters is 1. The number of ether oxygens (including phenoxy) is 2. The van der Waals surface area contributed by atoms with Crippen molar-refractivity contribution in [3.63, 3.8) is 0 Å². The number of aliphatic carboxylic acids is 1. The number of benzene rings is 3. The second-order valence-electron chi connectivity index (χ2n) is 10.1. The van der Waals surface area contributed by atoms with Gasteiger partial charge in [0.1, 0.15) is 18.2 Å². The van der Waals surface area contributed by atoms with Crippen molar-refractivity contribution in [3.05, 3.63) is 95.1 Å². The Hall–Kier alpha value is -4.13. The zero-order valence-corrected chi connectivity index (χ0v) is 21.2. The molecule has 0 fully saturated rings. The lowest BCUT2D eigenvalue weighted by Crippen LogP contribution is -2.42. The quantitative estimate of drug-likeness (QED) is 0.416. The van der Waals surface area contributed by atoms with E-state index in [0.717, 1.165) is 27.8 Å². The number of nitrogens with one attached hydrogen (secondary N) is 1. The molecule has 0 saturated carbocycles. The molecule has 0 unspecified atom stereocenters. The van der Waals surface area contributed by atoms with Crippen molar-refractivity contribution in [1.29, 1.82) is 0 Å².